The molecule has 2 aromatic carbocycles. The highest BCUT2D eigenvalue weighted by Gasteiger charge is 2.52. The lowest BCUT2D eigenvalue weighted by molar-refractivity contribution is -0.0706. The van der Waals surface area contributed by atoms with E-state index in [4.69, 9.17) is 0 Å². The van der Waals surface area contributed by atoms with Gasteiger partial charge < -0.3 is 5.32 Å². The van der Waals surface area contributed by atoms with E-state index in [1.54, 1.807) is 0 Å². The highest BCUT2D eigenvalue weighted by atomic mass is 14.9. The first kappa shape index (κ1) is 15.0. The zero-order valence-electron chi connectivity index (χ0n) is 14.8. The molecule has 0 aliphatic heterocycles. The first-order valence-electron chi connectivity index (χ1n) is 9.92. The van der Waals surface area contributed by atoms with Gasteiger partial charge >= 0.3 is 0 Å². The predicted molar refractivity (Wildman–Crippen MR) is 101 cm³/mol. The van der Waals surface area contributed by atoms with Crippen LogP contribution in [0.1, 0.15) is 51.0 Å². The van der Waals surface area contributed by atoms with Crippen molar-refractivity contribution >= 4 is 10.8 Å². The molecular weight excluding hydrogens is 290 g/mol. The Morgan fingerprint density at radius 1 is 0.917 bits per heavy atom. The molecule has 0 radical (unpaired) electrons. The van der Waals surface area contributed by atoms with Gasteiger partial charge in [-0.3, -0.25) is 0 Å². The smallest absolute Gasteiger partial charge is 0.0214 e. The van der Waals surface area contributed by atoms with Crippen molar-refractivity contribution < 1.29 is 0 Å². The molecule has 24 heavy (non-hydrogen) atoms. The van der Waals surface area contributed by atoms with Crippen LogP contribution in [0.4, 0.5) is 0 Å². The van der Waals surface area contributed by atoms with Crippen LogP contribution in [0.25, 0.3) is 10.8 Å². The molecule has 4 saturated carbocycles. The van der Waals surface area contributed by atoms with Crippen molar-refractivity contribution in [2.75, 3.05) is 0 Å². The van der Waals surface area contributed by atoms with Crippen molar-refractivity contribution in [1.29, 1.82) is 0 Å². The van der Waals surface area contributed by atoms with Gasteiger partial charge in [-0.15, -0.1) is 0 Å². The SMILES string of the molecule is C[C@@H](NCc1cccc2ccccc12)C12CC3CC(CC(C3)C1)C2. The summed E-state index contributed by atoms with van der Waals surface area (Å²) in [7, 11) is 0. The predicted octanol–water partition coefficient (Wildman–Crippen LogP) is 5.53. The summed E-state index contributed by atoms with van der Waals surface area (Å²) in [5.41, 5.74) is 2.05. The summed E-state index contributed by atoms with van der Waals surface area (Å²) in [6.07, 6.45) is 9.08. The summed E-state index contributed by atoms with van der Waals surface area (Å²) in [6, 6.07) is 16.2. The van der Waals surface area contributed by atoms with E-state index in [2.05, 4.69) is 54.7 Å². The zero-order chi connectivity index (χ0) is 16.1. The van der Waals surface area contributed by atoms with E-state index in [0.29, 0.717) is 11.5 Å². The van der Waals surface area contributed by atoms with Gasteiger partial charge in [-0.2, -0.15) is 0 Å². The van der Waals surface area contributed by atoms with Gasteiger partial charge in [0.05, 0.1) is 0 Å². The summed E-state index contributed by atoms with van der Waals surface area (Å²) in [5, 5.41) is 6.72. The van der Waals surface area contributed by atoms with E-state index in [1.165, 1.54) is 54.9 Å². The third-order valence-electron chi connectivity index (χ3n) is 7.48. The lowest BCUT2D eigenvalue weighted by atomic mass is 9.48. The van der Waals surface area contributed by atoms with E-state index in [0.717, 1.165) is 24.3 Å². The Morgan fingerprint density at radius 3 is 2.25 bits per heavy atom. The van der Waals surface area contributed by atoms with Crippen LogP contribution in [-0.2, 0) is 6.54 Å². The summed E-state index contributed by atoms with van der Waals surface area (Å²) in [5.74, 6) is 3.12. The molecule has 4 aliphatic rings. The molecule has 0 spiro atoms. The molecule has 4 fully saturated rings. The number of hydrogen-bond acceptors (Lipinski definition) is 1. The standard InChI is InChI=1S/C23H29N/c1-16(23-12-17-9-18(13-23)11-19(10-17)14-23)24-15-21-7-4-6-20-5-2-3-8-22(20)21/h2-8,16-19,24H,9-15H2,1H3/t16-,17?,18?,19?,23?/m1/s1. The maximum atomic E-state index is 3.95. The Kier molecular flexibility index (Phi) is 3.49. The molecule has 0 heterocycles. The Balaban J connectivity index is 1.35. The first-order chi connectivity index (χ1) is 11.7. The Bertz CT molecular complexity index is 706. The van der Waals surface area contributed by atoms with Crippen LogP contribution in [0, 0.1) is 23.2 Å². The topological polar surface area (TPSA) is 12.0 Å². The van der Waals surface area contributed by atoms with Crippen molar-refractivity contribution in [3.63, 3.8) is 0 Å². The highest BCUT2D eigenvalue weighted by molar-refractivity contribution is 5.85. The van der Waals surface area contributed by atoms with Crippen molar-refractivity contribution in [2.45, 2.75) is 58.0 Å². The van der Waals surface area contributed by atoms with Crippen LogP contribution in [0.15, 0.2) is 42.5 Å². The number of fused-ring (bicyclic) bond motifs is 1. The summed E-state index contributed by atoms with van der Waals surface area (Å²) >= 11 is 0. The second kappa shape index (κ2) is 5.59. The van der Waals surface area contributed by atoms with Gasteiger partial charge in [0.1, 0.15) is 0 Å². The molecule has 0 aromatic heterocycles. The summed E-state index contributed by atoms with van der Waals surface area (Å²) in [4.78, 5) is 0. The lowest BCUT2D eigenvalue weighted by Crippen LogP contribution is -2.54. The molecule has 2 aromatic rings. The molecule has 126 valence electrons. The molecule has 1 atom stereocenters. The molecule has 6 rings (SSSR count). The van der Waals surface area contributed by atoms with Crippen LogP contribution in [-0.4, -0.2) is 6.04 Å². The van der Waals surface area contributed by atoms with Gasteiger partial charge in [-0.05, 0) is 85.0 Å². The third-order valence-corrected chi connectivity index (χ3v) is 7.48. The Labute approximate surface area is 145 Å². The van der Waals surface area contributed by atoms with Crippen LogP contribution in [0.2, 0.25) is 0 Å². The van der Waals surface area contributed by atoms with Crippen molar-refractivity contribution in [3.05, 3.63) is 48.0 Å². The van der Waals surface area contributed by atoms with Gasteiger partial charge in [0.15, 0.2) is 0 Å². The fourth-order valence-electron chi connectivity index (χ4n) is 6.63. The monoisotopic (exact) mass is 319 g/mol. The van der Waals surface area contributed by atoms with Gasteiger partial charge in [-0.1, -0.05) is 42.5 Å². The zero-order valence-corrected chi connectivity index (χ0v) is 14.8. The van der Waals surface area contributed by atoms with Gasteiger partial charge in [0, 0.05) is 12.6 Å². The van der Waals surface area contributed by atoms with Gasteiger partial charge in [-0.25, -0.2) is 0 Å². The molecule has 1 nitrogen and oxygen atoms in total. The normalized spacial score (nSPS) is 35.5. The first-order valence-corrected chi connectivity index (χ1v) is 9.92. The molecular formula is C23H29N. The van der Waals surface area contributed by atoms with Crippen LogP contribution >= 0.6 is 0 Å². The van der Waals surface area contributed by atoms with Gasteiger partial charge in [0.2, 0.25) is 0 Å². The minimum atomic E-state index is 0.597. The largest absolute Gasteiger partial charge is 0.310 e. The summed E-state index contributed by atoms with van der Waals surface area (Å²) < 4.78 is 0. The Morgan fingerprint density at radius 2 is 1.54 bits per heavy atom. The maximum Gasteiger partial charge on any atom is 0.0214 e. The summed E-state index contributed by atoms with van der Waals surface area (Å²) in [6.45, 7) is 3.47. The quantitative estimate of drug-likeness (QED) is 0.781. The van der Waals surface area contributed by atoms with E-state index in [1.807, 2.05) is 0 Å². The van der Waals surface area contributed by atoms with Crippen LogP contribution in [0.5, 0.6) is 0 Å². The molecule has 0 saturated heterocycles. The van der Waals surface area contributed by atoms with E-state index in [9.17, 15) is 0 Å². The van der Waals surface area contributed by atoms with E-state index >= 15 is 0 Å². The van der Waals surface area contributed by atoms with Crippen molar-refractivity contribution in [1.82, 2.24) is 5.32 Å². The number of rotatable bonds is 4. The van der Waals surface area contributed by atoms with Crippen molar-refractivity contribution in [3.8, 4) is 0 Å². The average Bonchev–Trinajstić information content (AvgIpc) is 2.58. The number of hydrogen-bond donors (Lipinski definition) is 1. The molecule has 4 aliphatic carbocycles. The molecule has 0 amide bonds. The van der Waals surface area contributed by atoms with Crippen LogP contribution < -0.4 is 5.32 Å². The minimum Gasteiger partial charge on any atom is -0.310 e. The van der Waals surface area contributed by atoms with E-state index in [-0.39, 0.29) is 0 Å². The van der Waals surface area contributed by atoms with Crippen molar-refractivity contribution in [2.24, 2.45) is 23.2 Å². The fourth-order valence-corrected chi connectivity index (χ4v) is 6.63. The average molecular weight is 319 g/mol. The molecule has 4 bridgehead atoms. The third kappa shape index (κ3) is 2.40. The van der Waals surface area contributed by atoms with E-state index < -0.39 is 0 Å². The number of nitrogens with one attached hydrogen (secondary N) is 1. The Hall–Kier alpha value is -1.34. The van der Waals surface area contributed by atoms with Gasteiger partial charge in [0.25, 0.3) is 0 Å². The second-order valence-corrected chi connectivity index (χ2v) is 9.02. The molecule has 1 N–H and O–H groups in total. The maximum absolute atomic E-state index is 3.95. The highest BCUT2D eigenvalue weighted by Crippen LogP contribution is 2.61. The minimum absolute atomic E-state index is 0.597. The van der Waals surface area contributed by atoms with Crippen LogP contribution in [0.3, 0.4) is 0 Å². The fraction of sp³-hybridized carbons (Fsp3) is 0.565. The molecule has 0 unspecified atom stereocenters. The second-order valence-electron chi connectivity index (χ2n) is 9.02. The number of benzene rings is 2. The molecule has 1 heteroatoms. The lowest BCUT2D eigenvalue weighted by Gasteiger charge is -2.59.